The van der Waals surface area contributed by atoms with Crippen LogP contribution in [0.4, 0.5) is 5.69 Å². The van der Waals surface area contributed by atoms with Crippen LogP contribution in [0.3, 0.4) is 0 Å². The van der Waals surface area contributed by atoms with Gasteiger partial charge in [-0.05, 0) is 43.2 Å². The number of nitrogens with one attached hydrogen (secondary N) is 1. The van der Waals surface area contributed by atoms with Crippen LogP contribution in [-0.2, 0) is 6.54 Å². The summed E-state index contributed by atoms with van der Waals surface area (Å²) in [6.45, 7) is 5.84. The number of para-hydroxylation sites is 1. The molecule has 19 heavy (non-hydrogen) atoms. The lowest BCUT2D eigenvalue weighted by atomic mass is 9.94. The zero-order chi connectivity index (χ0) is 13.1. The van der Waals surface area contributed by atoms with Gasteiger partial charge in [-0.25, -0.2) is 0 Å². The van der Waals surface area contributed by atoms with E-state index in [4.69, 9.17) is 0 Å². The van der Waals surface area contributed by atoms with Crippen LogP contribution in [0.2, 0.25) is 0 Å². The summed E-state index contributed by atoms with van der Waals surface area (Å²) in [5.74, 6) is 0.887. The Bertz CT molecular complexity index is 411. The van der Waals surface area contributed by atoms with Crippen LogP contribution in [0.15, 0.2) is 24.3 Å². The van der Waals surface area contributed by atoms with Crippen LogP contribution in [0, 0.1) is 5.92 Å². The number of piperidine rings is 1. The molecule has 2 fully saturated rings. The molecule has 1 saturated carbocycles. The molecule has 2 heteroatoms. The van der Waals surface area contributed by atoms with E-state index in [0.29, 0.717) is 0 Å². The standard InChI is InChI=1S/C17H26N2/c1-2-14-6-5-11-19(13-14)17-8-4-3-7-15(17)12-18-16-9-10-16/h3-4,7-8,14,16,18H,2,5-6,9-13H2,1H3. The smallest absolute Gasteiger partial charge is 0.0411 e. The fourth-order valence-corrected chi connectivity index (χ4v) is 3.13. The Morgan fingerprint density at radius 1 is 1.21 bits per heavy atom. The molecule has 1 saturated heterocycles. The second-order valence-corrected chi connectivity index (χ2v) is 6.15. The third-order valence-corrected chi connectivity index (χ3v) is 4.59. The summed E-state index contributed by atoms with van der Waals surface area (Å²) in [6.07, 6.45) is 6.81. The van der Waals surface area contributed by atoms with Crippen molar-refractivity contribution in [1.82, 2.24) is 5.32 Å². The van der Waals surface area contributed by atoms with E-state index in [1.807, 2.05) is 0 Å². The summed E-state index contributed by atoms with van der Waals surface area (Å²) in [5, 5.41) is 3.65. The van der Waals surface area contributed by atoms with Crippen LogP contribution >= 0.6 is 0 Å². The molecule has 1 unspecified atom stereocenters. The van der Waals surface area contributed by atoms with Gasteiger partial charge in [0, 0.05) is 31.4 Å². The molecule has 0 bridgehead atoms. The highest BCUT2D eigenvalue weighted by Crippen LogP contribution is 2.28. The minimum absolute atomic E-state index is 0.790. The van der Waals surface area contributed by atoms with E-state index in [1.54, 1.807) is 0 Å². The van der Waals surface area contributed by atoms with Crippen LogP contribution in [-0.4, -0.2) is 19.1 Å². The van der Waals surface area contributed by atoms with Crippen LogP contribution in [0.25, 0.3) is 0 Å². The van der Waals surface area contributed by atoms with Crippen molar-refractivity contribution in [2.75, 3.05) is 18.0 Å². The molecule has 1 aromatic rings. The molecule has 0 radical (unpaired) electrons. The van der Waals surface area contributed by atoms with Crippen LogP contribution < -0.4 is 10.2 Å². The molecule has 1 aromatic carbocycles. The van der Waals surface area contributed by atoms with Gasteiger partial charge in [-0.15, -0.1) is 0 Å². The van der Waals surface area contributed by atoms with E-state index in [0.717, 1.165) is 18.5 Å². The molecule has 1 aliphatic carbocycles. The van der Waals surface area contributed by atoms with Gasteiger partial charge in [-0.1, -0.05) is 31.5 Å². The van der Waals surface area contributed by atoms with Crippen LogP contribution in [0.1, 0.15) is 44.6 Å². The van der Waals surface area contributed by atoms with Gasteiger partial charge in [-0.3, -0.25) is 0 Å². The quantitative estimate of drug-likeness (QED) is 0.868. The Morgan fingerprint density at radius 3 is 2.84 bits per heavy atom. The number of rotatable bonds is 5. The fraction of sp³-hybridized carbons (Fsp3) is 0.647. The monoisotopic (exact) mass is 258 g/mol. The van der Waals surface area contributed by atoms with Gasteiger partial charge in [0.25, 0.3) is 0 Å². The number of benzene rings is 1. The van der Waals surface area contributed by atoms with Crippen molar-refractivity contribution in [1.29, 1.82) is 0 Å². The average Bonchev–Trinajstić information content (AvgIpc) is 3.30. The molecule has 1 heterocycles. The molecule has 1 N–H and O–H groups in total. The predicted octanol–water partition coefficient (Wildman–Crippen LogP) is 3.57. The van der Waals surface area contributed by atoms with E-state index in [9.17, 15) is 0 Å². The molecule has 0 aromatic heterocycles. The van der Waals surface area contributed by atoms with Crippen molar-refractivity contribution in [2.24, 2.45) is 5.92 Å². The largest absolute Gasteiger partial charge is 0.371 e. The third kappa shape index (κ3) is 3.30. The molecule has 3 rings (SSSR count). The Balaban J connectivity index is 1.70. The summed E-state index contributed by atoms with van der Waals surface area (Å²) in [6, 6.07) is 9.75. The van der Waals surface area contributed by atoms with E-state index < -0.39 is 0 Å². The fourth-order valence-electron chi connectivity index (χ4n) is 3.13. The van der Waals surface area contributed by atoms with Gasteiger partial charge in [0.1, 0.15) is 0 Å². The summed E-state index contributed by atoms with van der Waals surface area (Å²) in [7, 11) is 0. The normalized spacial score (nSPS) is 23.6. The Morgan fingerprint density at radius 2 is 2.05 bits per heavy atom. The predicted molar refractivity (Wildman–Crippen MR) is 81.5 cm³/mol. The number of anilines is 1. The summed E-state index contributed by atoms with van der Waals surface area (Å²) in [4.78, 5) is 2.61. The van der Waals surface area contributed by atoms with Gasteiger partial charge in [0.05, 0.1) is 0 Å². The first-order valence-electron chi connectivity index (χ1n) is 7.93. The summed E-state index contributed by atoms with van der Waals surface area (Å²) >= 11 is 0. The van der Waals surface area contributed by atoms with Gasteiger partial charge < -0.3 is 10.2 Å². The van der Waals surface area contributed by atoms with Gasteiger partial charge in [0.15, 0.2) is 0 Å². The lowest BCUT2D eigenvalue weighted by molar-refractivity contribution is 0.404. The zero-order valence-electron chi connectivity index (χ0n) is 12.1. The van der Waals surface area contributed by atoms with E-state index in [1.165, 1.54) is 56.4 Å². The van der Waals surface area contributed by atoms with E-state index >= 15 is 0 Å². The topological polar surface area (TPSA) is 15.3 Å². The highest BCUT2D eigenvalue weighted by molar-refractivity contribution is 5.54. The van der Waals surface area contributed by atoms with E-state index in [2.05, 4.69) is 41.4 Å². The highest BCUT2D eigenvalue weighted by Gasteiger charge is 2.23. The number of hydrogen-bond donors (Lipinski definition) is 1. The SMILES string of the molecule is CCC1CCCN(c2ccccc2CNC2CC2)C1. The zero-order valence-corrected chi connectivity index (χ0v) is 12.1. The lowest BCUT2D eigenvalue weighted by Crippen LogP contribution is -2.36. The lowest BCUT2D eigenvalue weighted by Gasteiger charge is -2.35. The summed E-state index contributed by atoms with van der Waals surface area (Å²) < 4.78 is 0. The third-order valence-electron chi connectivity index (χ3n) is 4.59. The molecule has 0 spiro atoms. The van der Waals surface area contributed by atoms with Crippen molar-refractivity contribution < 1.29 is 0 Å². The number of nitrogens with zero attached hydrogens (tertiary/aromatic N) is 1. The van der Waals surface area contributed by atoms with Crippen molar-refractivity contribution in [3.05, 3.63) is 29.8 Å². The van der Waals surface area contributed by atoms with Crippen molar-refractivity contribution >= 4 is 5.69 Å². The molecule has 1 atom stereocenters. The summed E-state index contributed by atoms with van der Waals surface area (Å²) in [5.41, 5.74) is 2.94. The average molecular weight is 258 g/mol. The van der Waals surface area contributed by atoms with Gasteiger partial charge in [0.2, 0.25) is 0 Å². The second kappa shape index (κ2) is 5.96. The molecular weight excluding hydrogens is 232 g/mol. The van der Waals surface area contributed by atoms with E-state index in [-0.39, 0.29) is 0 Å². The maximum atomic E-state index is 3.65. The van der Waals surface area contributed by atoms with Gasteiger partial charge in [-0.2, -0.15) is 0 Å². The minimum Gasteiger partial charge on any atom is -0.371 e. The highest BCUT2D eigenvalue weighted by atomic mass is 15.1. The molecule has 0 amide bonds. The first kappa shape index (κ1) is 13.0. The Labute approximate surface area is 117 Å². The Hall–Kier alpha value is -1.02. The molecule has 104 valence electrons. The molecule has 2 aliphatic rings. The molecule has 1 aliphatic heterocycles. The first-order chi connectivity index (χ1) is 9.36. The maximum Gasteiger partial charge on any atom is 0.0411 e. The maximum absolute atomic E-state index is 3.65. The van der Waals surface area contributed by atoms with Crippen molar-refractivity contribution in [3.63, 3.8) is 0 Å². The van der Waals surface area contributed by atoms with Crippen LogP contribution in [0.5, 0.6) is 0 Å². The number of hydrogen-bond acceptors (Lipinski definition) is 2. The molecular formula is C17H26N2. The minimum atomic E-state index is 0.790. The Kier molecular flexibility index (Phi) is 4.07. The molecule has 2 nitrogen and oxygen atoms in total. The second-order valence-electron chi connectivity index (χ2n) is 6.15. The van der Waals surface area contributed by atoms with Crippen molar-refractivity contribution in [2.45, 2.75) is 51.6 Å². The van der Waals surface area contributed by atoms with Crippen molar-refractivity contribution in [3.8, 4) is 0 Å². The first-order valence-corrected chi connectivity index (χ1v) is 7.93. The van der Waals surface area contributed by atoms with Gasteiger partial charge >= 0.3 is 0 Å².